The number of piperazine rings is 1. The van der Waals surface area contributed by atoms with Crippen molar-refractivity contribution in [2.45, 2.75) is 56.1 Å². The Balaban J connectivity index is 1.13. The summed E-state index contributed by atoms with van der Waals surface area (Å²) in [6.07, 6.45) is 6.19. The number of carbonyl (C=O) groups excluding carboxylic acids is 2. The first-order valence-electron chi connectivity index (χ1n) is 13.3. The molecule has 3 saturated heterocycles. The number of hydroxylamine groups is 1. The highest BCUT2D eigenvalue weighted by molar-refractivity contribution is 7.91. The van der Waals surface area contributed by atoms with Crippen molar-refractivity contribution in [1.82, 2.24) is 14.7 Å². The summed E-state index contributed by atoms with van der Waals surface area (Å²) in [6.45, 7) is 5.44. The maximum atomic E-state index is 13.3. The fourth-order valence-electron chi connectivity index (χ4n) is 5.62. The lowest BCUT2D eigenvalue weighted by molar-refractivity contribution is -0.134. The van der Waals surface area contributed by atoms with E-state index in [1.807, 2.05) is 15.3 Å². The van der Waals surface area contributed by atoms with Crippen LogP contribution in [-0.4, -0.2) is 88.0 Å². The molecule has 1 unspecified atom stereocenters. The number of rotatable bonds is 9. The molecule has 3 fully saturated rings. The molecule has 10 heteroatoms. The lowest BCUT2D eigenvalue weighted by Gasteiger charge is -2.41. The van der Waals surface area contributed by atoms with Gasteiger partial charge in [0.15, 0.2) is 0 Å². The van der Waals surface area contributed by atoms with Gasteiger partial charge in [0.05, 0.1) is 24.6 Å². The maximum absolute atomic E-state index is 13.3. The van der Waals surface area contributed by atoms with Gasteiger partial charge in [-0.1, -0.05) is 31.0 Å². The Morgan fingerprint density at radius 3 is 2.33 bits per heavy atom. The molecule has 3 heterocycles. The van der Waals surface area contributed by atoms with Crippen LogP contribution < -0.4 is 10.4 Å². The highest BCUT2D eigenvalue weighted by Gasteiger charge is 2.54. The van der Waals surface area contributed by atoms with Gasteiger partial charge in [-0.15, -0.1) is 4.31 Å². The lowest BCUT2D eigenvalue weighted by atomic mass is 9.92. The van der Waals surface area contributed by atoms with E-state index in [2.05, 4.69) is 29.2 Å². The third-order valence-corrected chi connectivity index (χ3v) is 10.1. The van der Waals surface area contributed by atoms with Gasteiger partial charge in [-0.3, -0.25) is 14.8 Å². The molecule has 1 aromatic carbocycles. The zero-order valence-corrected chi connectivity index (χ0v) is 21.9. The largest absolute Gasteiger partial charge is 0.597 e. The van der Waals surface area contributed by atoms with Gasteiger partial charge in [0.1, 0.15) is 0 Å². The van der Waals surface area contributed by atoms with E-state index in [1.54, 1.807) is 5.48 Å². The Morgan fingerprint density at radius 1 is 1.03 bits per heavy atom. The highest BCUT2D eigenvalue weighted by Crippen LogP contribution is 2.35. The first-order chi connectivity index (χ1) is 17.5. The number of piperidine rings is 1. The molecule has 0 aromatic heterocycles. The average molecular weight is 521 g/mol. The van der Waals surface area contributed by atoms with Crippen molar-refractivity contribution >= 4 is 28.9 Å². The van der Waals surface area contributed by atoms with Crippen LogP contribution in [0.25, 0.3) is 0 Å². The van der Waals surface area contributed by atoms with Gasteiger partial charge in [0, 0.05) is 64.2 Å². The smallest absolute Gasteiger partial charge is 0.301 e. The minimum atomic E-state index is -1.50. The van der Waals surface area contributed by atoms with Crippen LogP contribution in [0.5, 0.6) is 0 Å². The molecule has 3 aliphatic rings. The molecule has 0 radical (unpaired) electrons. The Morgan fingerprint density at radius 2 is 1.69 bits per heavy atom. The quantitative estimate of drug-likeness (QED) is 0.223. The summed E-state index contributed by atoms with van der Waals surface area (Å²) >= 11 is -1.50. The van der Waals surface area contributed by atoms with E-state index in [4.69, 9.17) is 4.74 Å². The summed E-state index contributed by atoms with van der Waals surface area (Å²) in [5.74, 6) is 0.245. The van der Waals surface area contributed by atoms with Gasteiger partial charge in [0.2, 0.25) is 10.7 Å². The molecule has 36 heavy (non-hydrogen) atoms. The zero-order valence-electron chi connectivity index (χ0n) is 21.1. The normalized spacial score (nSPS) is 22.3. The number of amides is 2. The van der Waals surface area contributed by atoms with E-state index >= 15 is 0 Å². The lowest BCUT2D eigenvalue weighted by Crippen LogP contribution is -2.60. The molecular weight excluding hydrogens is 480 g/mol. The number of anilines is 1. The van der Waals surface area contributed by atoms with Gasteiger partial charge in [0.25, 0.3) is 0 Å². The van der Waals surface area contributed by atoms with Gasteiger partial charge in [-0.25, -0.2) is 5.48 Å². The SMILES string of the molecule is O=C(CCCCC1CCN([S+]([O-])C2(C(=O)NO)CCOCC2)CC1)N1CCN(c2ccccc2)CC1. The molecule has 0 bridgehead atoms. The van der Waals surface area contributed by atoms with Gasteiger partial charge >= 0.3 is 5.91 Å². The monoisotopic (exact) mass is 520 g/mol. The standard InChI is InChI=1S/C26H40N4O5S/c31-24(29-18-16-28(17-19-29)23-7-2-1-3-8-23)9-5-4-6-22-10-14-30(15-11-22)36(34)26(25(32)27-33)12-20-35-21-13-26/h1-3,7-8,22,33H,4-6,9-21H2,(H,27,32). The van der Waals surface area contributed by atoms with E-state index < -0.39 is 22.0 Å². The molecular formula is C26H40N4O5S. The molecule has 9 nitrogen and oxygen atoms in total. The summed E-state index contributed by atoms with van der Waals surface area (Å²) in [5, 5.41) is 9.22. The second-order valence-electron chi connectivity index (χ2n) is 10.1. The molecule has 1 atom stereocenters. The topological polar surface area (TPSA) is 108 Å². The molecule has 3 aliphatic heterocycles. The summed E-state index contributed by atoms with van der Waals surface area (Å²) < 4.78 is 19.5. The van der Waals surface area contributed by atoms with E-state index in [0.717, 1.165) is 58.3 Å². The molecule has 2 amide bonds. The summed E-state index contributed by atoms with van der Waals surface area (Å²) in [7, 11) is 0. The van der Waals surface area contributed by atoms with Gasteiger partial charge in [-0.2, -0.15) is 0 Å². The molecule has 0 saturated carbocycles. The minimum Gasteiger partial charge on any atom is -0.597 e. The van der Waals surface area contributed by atoms with E-state index in [9.17, 15) is 19.3 Å². The first kappa shape index (κ1) is 27.2. The third-order valence-electron chi connectivity index (χ3n) is 7.96. The van der Waals surface area contributed by atoms with Crippen molar-refractivity contribution < 1.29 is 24.1 Å². The van der Waals surface area contributed by atoms with E-state index in [-0.39, 0.29) is 5.91 Å². The van der Waals surface area contributed by atoms with Crippen molar-refractivity contribution in [3.05, 3.63) is 30.3 Å². The number of unbranched alkanes of at least 4 members (excludes halogenated alkanes) is 1. The fraction of sp³-hybridized carbons (Fsp3) is 0.692. The Hall–Kier alpha value is -1.85. The van der Waals surface area contributed by atoms with Crippen LogP contribution in [0.3, 0.4) is 0 Å². The number of carbonyl (C=O) groups is 2. The number of hydrogen-bond donors (Lipinski definition) is 2. The molecule has 1 aromatic rings. The van der Waals surface area contributed by atoms with Crippen molar-refractivity contribution in [3.63, 3.8) is 0 Å². The molecule has 4 rings (SSSR count). The predicted molar refractivity (Wildman–Crippen MR) is 139 cm³/mol. The van der Waals surface area contributed by atoms with Gasteiger partial charge < -0.3 is 19.1 Å². The van der Waals surface area contributed by atoms with Crippen LogP contribution in [0.1, 0.15) is 51.4 Å². The van der Waals surface area contributed by atoms with Crippen molar-refractivity contribution in [2.24, 2.45) is 5.92 Å². The van der Waals surface area contributed by atoms with Crippen molar-refractivity contribution in [3.8, 4) is 0 Å². The first-order valence-corrected chi connectivity index (χ1v) is 14.4. The van der Waals surface area contributed by atoms with Crippen molar-refractivity contribution in [2.75, 3.05) is 57.4 Å². The summed E-state index contributed by atoms with van der Waals surface area (Å²) in [5.41, 5.74) is 2.95. The molecule has 0 spiro atoms. The van der Waals surface area contributed by atoms with E-state index in [0.29, 0.717) is 51.5 Å². The Kier molecular flexibility index (Phi) is 9.89. The van der Waals surface area contributed by atoms with Crippen LogP contribution in [0.2, 0.25) is 0 Å². The number of hydrogen-bond acceptors (Lipinski definition) is 7. The van der Waals surface area contributed by atoms with Gasteiger partial charge in [-0.05, 0) is 37.3 Å². The fourth-order valence-corrected chi connectivity index (χ4v) is 7.37. The number of para-hydroxylation sites is 1. The molecule has 0 aliphatic carbocycles. The average Bonchev–Trinajstić information content (AvgIpc) is 2.95. The second-order valence-corrected chi connectivity index (χ2v) is 11.9. The molecule has 2 N–H and O–H groups in total. The summed E-state index contributed by atoms with van der Waals surface area (Å²) in [6, 6.07) is 10.4. The zero-order chi connectivity index (χ0) is 25.4. The van der Waals surface area contributed by atoms with Crippen molar-refractivity contribution in [1.29, 1.82) is 0 Å². The highest BCUT2D eigenvalue weighted by atomic mass is 32.2. The second kappa shape index (κ2) is 13.1. The Labute approximate surface area is 217 Å². The van der Waals surface area contributed by atoms with Crippen LogP contribution in [-0.2, 0) is 25.7 Å². The third kappa shape index (κ3) is 6.52. The summed E-state index contributed by atoms with van der Waals surface area (Å²) in [4.78, 5) is 29.4. The number of nitrogens with zero attached hydrogens (tertiary/aromatic N) is 3. The minimum absolute atomic E-state index is 0.261. The van der Waals surface area contributed by atoms with Crippen LogP contribution in [0, 0.1) is 5.92 Å². The maximum Gasteiger partial charge on any atom is 0.301 e. The molecule has 200 valence electrons. The number of ether oxygens (including phenoxy) is 1. The predicted octanol–water partition coefficient (Wildman–Crippen LogP) is 2.33. The van der Waals surface area contributed by atoms with Crippen LogP contribution >= 0.6 is 0 Å². The van der Waals surface area contributed by atoms with Crippen LogP contribution in [0.4, 0.5) is 5.69 Å². The number of nitrogens with one attached hydrogen (secondary N) is 1. The van der Waals surface area contributed by atoms with Crippen LogP contribution in [0.15, 0.2) is 30.3 Å². The number of benzene rings is 1. The van der Waals surface area contributed by atoms with E-state index in [1.165, 1.54) is 5.69 Å². The Bertz CT molecular complexity index is 838.